The highest BCUT2D eigenvalue weighted by atomic mass is 15.4. The second kappa shape index (κ2) is 3.74. The van der Waals surface area contributed by atoms with Crippen molar-refractivity contribution in [3.05, 3.63) is 24.3 Å². The molecular weight excluding hydrogens is 240 g/mol. The van der Waals surface area contributed by atoms with E-state index >= 15 is 0 Å². The Hall–Kier alpha value is -2.50. The summed E-state index contributed by atoms with van der Waals surface area (Å²) in [6, 6.07) is 8.08. The molecule has 1 aromatic carbocycles. The van der Waals surface area contributed by atoms with Gasteiger partial charge in [-0.2, -0.15) is 0 Å². The number of hydrogen-bond acceptors (Lipinski definition) is 4. The molecule has 0 radical (unpaired) electrons. The Bertz CT molecular complexity index is 888. The number of aryl methyl sites for hydroxylation is 1. The fourth-order valence-corrected chi connectivity index (χ4v) is 2.47. The fourth-order valence-electron chi connectivity index (χ4n) is 2.47. The van der Waals surface area contributed by atoms with Gasteiger partial charge in [0.1, 0.15) is 11.2 Å². The highest BCUT2D eigenvalue weighted by Crippen LogP contribution is 2.27. The maximum Gasteiger partial charge on any atom is 0.211 e. The Morgan fingerprint density at radius 1 is 1.16 bits per heavy atom. The van der Waals surface area contributed by atoms with Gasteiger partial charge in [0, 0.05) is 17.4 Å². The third kappa shape index (κ3) is 1.36. The molecule has 0 atom stereocenters. The van der Waals surface area contributed by atoms with E-state index in [4.69, 9.17) is 0 Å². The monoisotopic (exact) mass is 252 g/mol. The number of rotatable bonds is 2. The molecule has 0 aliphatic carbocycles. The normalized spacial score (nSPS) is 11.8. The molecule has 0 spiro atoms. The van der Waals surface area contributed by atoms with Gasteiger partial charge >= 0.3 is 0 Å². The molecular formula is C13H12N6. The van der Waals surface area contributed by atoms with E-state index in [1.165, 1.54) is 0 Å². The zero-order chi connectivity index (χ0) is 12.8. The first-order valence-electron chi connectivity index (χ1n) is 6.35. The standard InChI is InChI=1S/C13H12N6/c1-2-7-19-13-10-11(15-16-12(10)17-18-19)8-5-3-4-6-9(8)14-13/h3-6,14H,2,7H2,1H3. The van der Waals surface area contributed by atoms with E-state index in [0.29, 0.717) is 5.65 Å². The Kier molecular flexibility index (Phi) is 2.05. The van der Waals surface area contributed by atoms with E-state index in [0.717, 1.165) is 40.4 Å². The van der Waals surface area contributed by atoms with Crippen molar-refractivity contribution in [2.24, 2.45) is 0 Å². The Morgan fingerprint density at radius 2 is 2.05 bits per heavy atom. The van der Waals surface area contributed by atoms with Crippen molar-refractivity contribution in [3.8, 4) is 0 Å². The van der Waals surface area contributed by atoms with Gasteiger partial charge < -0.3 is 4.98 Å². The van der Waals surface area contributed by atoms with Crippen molar-refractivity contribution < 1.29 is 0 Å². The summed E-state index contributed by atoms with van der Waals surface area (Å²) in [6.45, 7) is 2.93. The zero-order valence-corrected chi connectivity index (χ0v) is 10.5. The first-order chi connectivity index (χ1) is 9.38. The molecule has 0 unspecified atom stereocenters. The SMILES string of the molecule is CCCn1nnc2nnc3c4ccccc4[nH]c1c23. The fraction of sp³-hybridized carbons (Fsp3) is 0.231. The summed E-state index contributed by atoms with van der Waals surface area (Å²) in [5.74, 6) is 0. The third-order valence-electron chi connectivity index (χ3n) is 3.32. The molecule has 0 aliphatic heterocycles. The minimum Gasteiger partial charge on any atom is -0.339 e. The largest absolute Gasteiger partial charge is 0.339 e. The lowest BCUT2D eigenvalue weighted by Gasteiger charge is -2.08. The van der Waals surface area contributed by atoms with Gasteiger partial charge in [-0.15, -0.1) is 15.3 Å². The summed E-state index contributed by atoms with van der Waals surface area (Å²) >= 11 is 0. The van der Waals surface area contributed by atoms with Gasteiger partial charge in [-0.25, -0.2) is 4.68 Å². The van der Waals surface area contributed by atoms with Crippen LogP contribution in [0.4, 0.5) is 0 Å². The lowest BCUT2D eigenvalue weighted by molar-refractivity contribution is 0.574. The van der Waals surface area contributed by atoms with Gasteiger partial charge in [-0.05, 0) is 12.5 Å². The van der Waals surface area contributed by atoms with Crippen LogP contribution in [-0.4, -0.2) is 30.2 Å². The van der Waals surface area contributed by atoms with E-state index in [9.17, 15) is 0 Å². The van der Waals surface area contributed by atoms with E-state index in [1.807, 2.05) is 28.9 Å². The van der Waals surface area contributed by atoms with Crippen LogP contribution in [0.25, 0.3) is 33.1 Å². The molecule has 6 nitrogen and oxygen atoms in total. The molecule has 6 heteroatoms. The average molecular weight is 252 g/mol. The zero-order valence-electron chi connectivity index (χ0n) is 10.5. The lowest BCUT2D eigenvalue weighted by Crippen LogP contribution is -2.08. The predicted molar refractivity (Wildman–Crippen MR) is 72.8 cm³/mol. The number of nitrogens with one attached hydrogen (secondary N) is 1. The van der Waals surface area contributed by atoms with E-state index in [-0.39, 0.29) is 0 Å². The van der Waals surface area contributed by atoms with Crippen LogP contribution in [0.1, 0.15) is 13.3 Å². The number of benzene rings is 1. The van der Waals surface area contributed by atoms with Gasteiger partial charge in [-0.3, -0.25) is 0 Å². The van der Waals surface area contributed by atoms with Gasteiger partial charge in [0.2, 0.25) is 5.65 Å². The van der Waals surface area contributed by atoms with Crippen LogP contribution in [-0.2, 0) is 6.54 Å². The van der Waals surface area contributed by atoms with Crippen molar-refractivity contribution in [2.45, 2.75) is 19.9 Å². The van der Waals surface area contributed by atoms with Crippen LogP contribution in [0.3, 0.4) is 0 Å². The summed E-state index contributed by atoms with van der Waals surface area (Å²) < 4.78 is 1.88. The predicted octanol–water partition coefficient (Wildman–Crippen LogP) is 2.27. The Balaban J connectivity index is 2.25. The van der Waals surface area contributed by atoms with Gasteiger partial charge in [0.15, 0.2) is 0 Å². The molecule has 19 heavy (non-hydrogen) atoms. The highest BCUT2D eigenvalue weighted by Gasteiger charge is 2.15. The van der Waals surface area contributed by atoms with Gasteiger partial charge in [0.25, 0.3) is 0 Å². The van der Waals surface area contributed by atoms with E-state index < -0.39 is 0 Å². The second-order valence-corrected chi connectivity index (χ2v) is 4.58. The number of hydrogen-bond donors (Lipinski definition) is 1. The van der Waals surface area contributed by atoms with Crippen LogP contribution in [0, 0.1) is 0 Å². The number of pyridine rings is 1. The molecule has 4 rings (SSSR count). The maximum atomic E-state index is 4.26. The molecule has 0 fully saturated rings. The highest BCUT2D eigenvalue weighted by molar-refractivity contribution is 6.14. The average Bonchev–Trinajstić information content (AvgIpc) is 2.88. The molecule has 0 saturated carbocycles. The molecule has 0 aliphatic rings. The minimum atomic E-state index is 0.597. The Morgan fingerprint density at radius 3 is 2.95 bits per heavy atom. The van der Waals surface area contributed by atoms with Crippen molar-refractivity contribution in [3.63, 3.8) is 0 Å². The van der Waals surface area contributed by atoms with Crippen LogP contribution in [0.2, 0.25) is 0 Å². The number of H-pyrrole nitrogens is 1. The number of aromatic nitrogens is 6. The number of aromatic amines is 1. The second-order valence-electron chi connectivity index (χ2n) is 4.58. The number of para-hydroxylation sites is 1. The molecule has 0 saturated heterocycles. The van der Waals surface area contributed by atoms with Crippen LogP contribution in [0.15, 0.2) is 24.3 Å². The third-order valence-corrected chi connectivity index (χ3v) is 3.32. The van der Waals surface area contributed by atoms with Crippen LogP contribution >= 0.6 is 0 Å². The topological polar surface area (TPSA) is 72.3 Å². The van der Waals surface area contributed by atoms with E-state index in [1.54, 1.807) is 0 Å². The molecule has 0 bridgehead atoms. The van der Waals surface area contributed by atoms with Gasteiger partial charge in [0.05, 0.1) is 5.39 Å². The van der Waals surface area contributed by atoms with Crippen LogP contribution < -0.4 is 0 Å². The lowest BCUT2D eigenvalue weighted by atomic mass is 10.1. The quantitative estimate of drug-likeness (QED) is 0.555. The summed E-state index contributed by atoms with van der Waals surface area (Å²) in [5, 5.41) is 18.7. The van der Waals surface area contributed by atoms with Gasteiger partial charge in [-0.1, -0.05) is 30.3 Å². The number of nitrogens with zero attached hydrogens (tertiary/aromatic N) is 5. The molecule has 1 N–H and O–H groups in total. The van der Waals surface area contributed by atoms with Crippen molar-refractivity contribution in [1.29, 1.82) is 0 Å². The van der Waals surface area contributed by atoms with Crippen molar-refractivity contribution in [2.75, 3.05) is 0 Å². The minimum absolute atomic E-state index is 0.597. The molecule has 0 amide bonds. The summed E-state index contributed by atoms with van der Waals surface area (Å²) in [5.41, 5.74) is 3.46. The van der Waals surface area contributed by atoms with E-state index in [2.05, 4.69) is 32.4 Å². The molecule has 94 valence electrons. The summed E-state index contributed by atoms with van der Waals surface area (Å²) in [6.07, 6.45) is 0.998. The summed E-state index contributed by atoms with van der Waals surface area (Å²) in [7, 11) is 0. The van der Waals surface area contributed by atoms with Crippen molar-refractivity contribution in [1.82, 2.24) is 30.2 Å². The molecule has 3 aromatic heterocycles. The molecule has 4 aromatic rings. The molecule has 3 heterocycles. The maximum absolute atomic E-state index is 4.26. The first-order valence-corrected chi connectivity index (χ1v) is 6.35. The smallest absolute Gasteiger partial charge is 0.211 e. The van der Waals surface area contributed by atoms with Crippen LogP contribution in [0.5, 0.6) is 0 Å². The Labute approximate surface area is 108 Å². The van der Waals surface area contributed by atoms with Crippen molar-refractivity contribution >= 4 is 33.1 Å². The first kappa shape index (κ1) is 10.4. The summed E-state index contributed by atoms with van der Waals surface area (Å²) in [4.78, 5) is 3.42. The number of fused-ring (bicyclic) bond motifs is 2.